The predicted molar refractivity (Wildman–Crippen MR) is 117 cm³/mol. The maximum Gasteiger partial charge on any atom is 0.317 e. The maximum absolute atomic E-state index is 12.5. The molecule has 4 rings (SSSR count). The van der Waals surface area contributed by atoms with Crippen LogP contribution in [0.3, 0.4) is 0 Å². The summed E-state index contributed by atoms with van der Waals surface area (Å²) in [6, 6.07) is 15.4. The highest BCUT2D eigenvalue weighted by molar-refractivity contribution is 7.15. The smallest absolute Gasteiger partial charge is 0.317 e. The molecule has 0 aliphatic carbocycles. The molecular weight excluding hydrogens is 398 g/mol. The van der Waals surface area contributed by atoms with E-state index in [2.05, 4.69) is 32.7 Å². The topological polar surface area (TPSA) is 87.2 Å². The van der Waals surface area contributed by atoms with E-state index < -0.39 is 0 Å². The molecule has 30 heavy (non-hydrogen) atoms. The Morgan fingerprint density at radius 2 is 1.93 bits per heavy atom. The molecule has 0 radical (unpaired) electrons. The van der Waals surface area contributed by atoms with E-state index in [9.17, 15) is 9.59 Å². The number of carbonyl (C=O) groups excluding carboxylic acids is 2. The summed E-state index contributed by atoms with van der Waals surface area (Å²) < 4.78 is 0. The summed E-state index contributed by atoms with van der Waals surface area (Å²) in [5, 5.41) is 6.35. The van der Waals surface area contributed by atoms with Crippen molar-refractivity contribution in [3.8, 4) is 0 Å². The summed E-state index contributed by atoms with van der Waals surface area (Å²) in [7, 11) is 0. The van der Waals surface area contributed by atoms with Crippen LogP contribution in [0.5, 0.6) is 0 Å². The van der Waals surface area contributed by atoms with E-state index in [1.54, 1.807) is 29.3 Å². The first-order valence-corrected chi connectivity index (χ1v) is 10.8. The Kier molecular flexibility index (Phi) is 6.34. The van der Waals surface area contributed by atoms with Gasteiger partial charge in [0.15, 0.2) is 5.13 Å². The Morgan fingerprint density at radius 3 is 2.73 bits per heavy atom. The molecule has 1 aromatic carbocycles. The normalized spacial score (nSPS) is 12.9. The zero-order valence-corrected chi connectivity index (χ0v) is 17.3. The first-order valence-electron chi connectivity index (χ1n) is 9.97. The van der Waals surface area contributed by atoms with Crippen molar-refractivity contribution in [2.24, 2.45) is 0 Å². The molecule has 1 aliphatic rings. The monoisotopic (exact) mass is 421 g/mol. The van der Waals surface area contributed by atoms with Gasteiger partial charge in [-0.2, -0.15) is 0 Å². The molecule has 2 N–H and O–H groups in total. The lowest BCUT2D eigenvalue weighted by atomic mass is 10.1. The SMILES string of the molecule is O=C(Nc1nc2c(s1)CN(C(=O)NCCCc1ccccc1)CC2)c1ccccn1. The molecule has 0 saturated carbocycles. The highest BCUT2D eigenvalue weighted by atomic mass is 32.1. The molecule has 0 unspecified atom stereocenters. The molecule has 0 atom stereocenters. The Hall–Kier alpha value is -3.26. The van der Waals surface area contributed by atoms with Gasteiger partial charge in [0, 0.05) is 30.6 Å². The third-order valence-electron chi connectivity index (χ3n) is 4.90. The van der Waals surface area contributed by atoms with Crippen molar-refractivity contribution >= 4 is 28.4 Å². The van der Waals surface area contributed by atoms with E-state index in [1.807, 2.05) is 18.2 Å². The number of amides is 3. The van der Waals surface area contributed by atoms with E-state index in [0.717, 1.165) is 23.4 Å². The number of nitrogens with one attached hydrogen (secondary N) is 2. The third-order valence-corrected chi connectivity index (χ3v) is 5.90. The molecule has 2 aromatic heterocycles. The lowest BCUT2D eigenvalue weighted by Gasteiger charge is -2.26. The summed E-state index contributed by atoms with van der Waals surface area (Å²) in [5.74, 6) is -0.283. The van der Waals surface area contributed by atoms with E-state index in [1.165, 1.54) is 16.9 Å². The fourth-order valence-electron chi connectivity index (χ4n) is 3.32. The molecular formula is C22H23N5O2S. The van der Waals surface area contributed by atoms with E-state index in [4.69, 9.17) is 0 Å². The van der Waals surface area contributed by atoms with Gasteiger partial charge in [-0.25, -0.2) is 9.78 Å². The summed E-state index contributed by atoms with van der Waals surface area (Å²) in [6.07, 6.45) is 4.11. The van der Waals surface area contributed by atoms with Crippen LogP contribution >= 0.6 is 11.3 Å². The van der Waals surface area contributed by atoms with Crippen LogP contribution in [0, 0.1) is 0 Å². The second-order valence-electron chi connectivity index (χ2n) is 7.05. The number of thiazole rings is 1. The number of nitrogens with zero attached hydrogens (tertiary/aromatic N) is 3. The minimum Gasteiger partial charge on any atom is -0.338 e. The van der Waals surface area contributed by atoms with Crippen molar-refractivity contribution < 1.29 is 9.59 Å². The molecule has 3 amide bonds. The van der Waals surface area contributed by atoms with Crippen molar-refractivity contribution in [1.29, 1.82) is 0 Å². The van der Waals surface area contributed by atoms with Crippen LogP contribution < -0.4 is 10.6 Å². The van der Waals surface area contributed by atoms with Gasteiger partial charge in [0.05, 0.1) is 12.2 Å². The second-order valence-corrected chi connectivity index (χ2v) is 8.13. The Morgan fingerprint density at radius 1 is 1.10 bits per heavy atom. The minimum atomic E-state index is -0.283. The van der Waals surface area contributed by atoms with Gasteiger partial charge in [-0.3, -0.25) is 15.1 Å². The number of hydrogen-bond acceptors (Lipinski definition) is 5. The number of fused-ring (bicyclic) bond motifs is 1. The highest BCUT2D eigenvalue weighted by Crippen LogP contribution is 2.28. The van der Waals surface area contributed by atoms with Crippen LogP contribution in [0.15, 0.2) is 54.7 Å². The van der Waals surface area contributed by atoms with E-state index in [0.29, 0.717) is 36.9 Å². The molecule has 0 spiro atoms. The average Bonchev–Trinajstić information content (AvgIpc) is 3.19. The maximum atomic E-state index is 12.5. The molecule has 3 aromatic rings. The van der Waals surface area contributed by atoms with Gasteiger partial charge < -0.3 is 10.2 Å². The van der Waals surface area contributed by atoms with E-state index >= 15 is 0 Å². The fraction of sp³-hybridized carbons (Fsp3) is 0.273. The molecule has 154 valence electrons. The fourth-order valence-corrected chi connectivity index (χ4v) is 4.34. The van der Waals surface area contributed by atoms with Crippen molar-refractivity contribution in [2.75, 3.05) is 18.4 Å². The van der Waals surface area contributed by atoms with Gasteiger partial charge >= 0.3 is 6.03 Å². The second kappa shape index (κ2) is 9.49. The zero-order valence-electron chi connectivity index (χ0n) is 16.5. The number of urea groups is 1. The molecule has 8 heteroatoms. The van der Waals surface area contributed by atoms with Crippen LogP contribution in [0.25, 0.3) is 0 Å². The number of pyridine rings is 1. The van der Waals surface area contributed by atoms with Gasteiger partial charge in [-0.15, -0.1) is 0 Å². The number of hydrogen-bond donors (Lipinski definition) is 2. The van der Waals surface area contributed by atoms with Crippen molar-refractivity contribution in [3.63, 3.8) is 0 Å². The number of aryl methyl sites for hydroxylation is 1. The zero-order chi connectivity index (χ0) is 20.8. The summed E-state index contributed by atoms with van der Waals surface area (Å²) in [5.41, 5.74) is 2.57. The first-order chi connectivity index (χ1) is 14.7. The Labute approximate surface area is 179 Å². The van der Waals surface area contributed by atoms with Gasteiger partial charge in [-0.05, 0) is 30.5 Å². The van der Waals surface area contributed by atoms with Crippen molar-refractivity contribution in [1.82, 2.24) is 20.2 Å². The summed E-state index contributed by atoms with van der Waals surface area (Å²) >= 11 is 1.41. The average molecular weight is 422 g/mol. The molecule has 1 aliphatic heterocycles. The van der Waals surface area contributed by atoms with Gasteiger partial charge in [0.2, 0.25) is 0 Å². The Balaban J connectivity index is 1.27. The lowest BCUT2D eigenvalue weighted by Crippen LogP contribution is -2.42. The van der Waals surface area contributed by atoms with Gasteiger partial charge in [0.1, 0.15) is 5.69 Å². The van der Waals surface area contributed by atoms with E-state index in [-0.39, 0.29) is 11.9 Å². The number of anilines is 1. The van der Waals surface area contributed by atoms with Crippen LogP contribution in [0.1, 0.15) is 33.0 Å². The highest BCUT2D eigenvalue weighted by Gasteiger charge is 2.24. The number of aromatic nitrogens is 2. The Bertz CT molecular complexity index is 1010. The van der Waals surface area contributed by atoms with Crippen molar-refractivity contribution in [2.45, 2.75) is 25.8 Å². The summed E-state index contributed by atoms with van der Waals surface area (Å²) in [6.45, 7) is 1.77. The first kappa shape index (κ1) is 20.0. The minimum absolute atomic E-state index is 0.0545. The molecule has 7 nitrogen and oxygen atoms in total. The predicted octanol–water partition coefficient (Wildman–Crippen LogP) is 3.49. The quantitative estimate of drug-likeness (QED) is 0.597. The van der Waals surface area contributed by atoms with Gasteiger partial charge in [-0.1, -0.05) is 47.7 Å². The molecule has 0 fully saturated rings. The molecule has 0 saturated heterocycles. The molecule has 0 bridgehead atoms. The van der Waals surface area contributed by atoms with Crippen LogP contribution in [-0.4, -0.2) is 39.9 Å². The number of benzene rings is 1. The number of rotatable bonds is 6. The van der Waals surface area contributed by atoms with Crippen LogP contribution in [0.4, 0.5) is 9.93 Å². The largest absolute Gasteiger partial charge is 0.338 e. The standard InChI is InChI=1S/C22H23N5O2S/c28-20(18-10-4-5-12-23-18)26-21-25-17-11-14-27(15-19(17)30-21)22(29)24-13-6-9-16-7-2-1-3-8-16/h1-5,7-8,10,12H,6,9,11,13-15H2,(H,24,29)(H,25,26,28). The number of carbonyl (C=O) groups is 2. The third kappa shape index (κ3) is 5.01. The van der Waals surface area contributed by atoms with Crippen LogP contribution in [0.2, 0.25) is 0 Å². The summed E-state index contributed by atoms with van der Waals surface area (Å²) in [4.78, 5) is 36.2. The van der Waals surface area contributed by atoms with Crippen LogP contribution in [-0.2, 0) is 19.4 Å². The van der Waals surface area contributed by atoms with Crippen molar-refractivity contribution in [3.05, 3.63) is 76.6 Å². The lowest BCUT2D eigenvalue weighted by molar-refractivity contribution is 0.102. The molecule has 3 heterocycles. The van der Waals surface area contributed by atoms with Gasteiger partial charge in [0.25, 0.3) is 5.91 Å².